The number of rotatable bonds is 5. The van der Waals surface area contributed by atoms with Gasteiger partial charge in [0.25, 0.3) is 0 Å². The first-order valence-electron chi connectivity index (χ1n) is 6.32. The van der Waals surface area contributed by atoms with E-state index < -0.39 is 0 Å². The third-order valence-electron chi connectivity index (χ3n) is 3.08. The molecule has 3 nitrogen and oxygen atoms in total. The minimum Gasteiger partial charge on any atom is -0.378 e. The van der Waals surface area contributed by atoms with E-state index in [-0.39, 0.29) is 0 Å². The molecule has 1 fully saturated rings. The van der Waals surface area contributed by atoms with Crippen LogP contribution in [0.1, 0.15) is 19.4 Å². The molecule has 17 heavy (non-hydrogen) atoms. The Hall–Kier alpha value is -0.420. The van der Waals surface area contributed by atoms with E-state index in [2.05, 4.69) is 40.9 Å². The summed E-state index contributed by atoms with van der Waals surface area (Å²) >= 11 is 1.77. The highest BCUT2D eigenvalue weighted by Gasteiger charge is 2.22. The number of thiophene rings is 1. The lowest BCUT2D eigenvalue weighted by atomic mass is 10.2. The number of hydrogen-bond acceptors (Lipinski definition) is 4. The zero-order valence-electron chi connectivity index (χ0n) is 10.7. The minimum absolute atomic E-state index is 0.506. The topological polar surface area (TPSA) is 24.5 Å². The van der Waals surface area contributed by atoms with Crippen LogP contribution in [0.3, 0.4) is 0 Å². The lowest BCUT2D eigenvalue weighted by Crippen LogP contribution is -2.50. The van der Waals surface area contributed by atoms with Gasteiger partial charge in [-0.2, -0.15) is 11.3 Å². The number of ether oxygens (including phenoxy) is 1. The van der Waals surface area contributed by atoms with E-state index in [1.54, 1.807) is 11.3 Å². The summed E-state index contributed by atoms with van der Waals surface area (Å²) in [5.74, 6) is 0. The van der Waals surface area contributed by atoms with Gasteiger partial charge in [-0.15, -0.1) is 0 Å². The molecule has 96 valence electrons. The van der Waals surface area contributed by atoms with E-state index in [0.29, 0.717) is 12.1 Å². The van der Waals surface area contributed by atoms with Gasteiger partial charge in [-0.25, -0.2) is 0 Å². The predicted octanol–water partition coefficient (Wildman–Crippen LogP) is 1.95. The molecule has 2 heterocycles. The van der Waals surface area contributed by atoms with Crippen molar-refractivity contribution in [3.8, 4) is 0 Å². The molecule has 1 aliphatic heterocycles. The van der Waals surface area contributed by atoms with Crippen LogP contribution in [-0.4, -0.2) is 43.3 Å². The van der Waals surface area contributed by atoms with Gasteiger partial charge in [-0.05, 0) is 22.4 Å². The van der Waals surface area contributed by atoms with Crippen molar-refractivity contribution in [2.45, 2.75) is 32.5 Å². The number of nitrogens with zero attached hydrogens (tertiary/aromatic N) is 1. The Bertz CT molecular complexity index is 313. The number of hydrogen-bond donors (Lipinski definition) is 1. The number of nitrogens with one attached hydrogen (secondary N) is 1. The van der Waals surface area contributed by atoms with Crippen molar-refractivity contribution < 1.29 is 4.74 Å². The highest BCUT2D eigenvalue weighted by atomic mass is 32.1. The lowest BCUT2D eigenvalue weighted by molar-refractivity contribution is -0.0114. The molecule has 0 saturated carbocycles. The largest absolute Gasteiger partial charge is 0.378 e. The first-order valence-corrected chi connectivity index (χ1v) is 7.26. The van der Waals surface area contributed by atoms with Crippen LogP contribution >= 0.6 is 11.3 Å². The summed E-state index contributed by atoms with van der Waals surface area (Å²) in [6, 6.07) is 3.26. The standard InChI is InChI=1S/C13H22N2OS/c1-11(2)14-7-13-9-16-5-4-15(13)8-12-3-6-17-10-12/h3,6,10-11,13-14H,4-5,7-9H2,1-2H3. The van der Waals surface area contributed by atoms with Crippen molar-refractivity contribution in [2.24, 2.45) is 0 Å². The van der Waals surface area contributed by atoms with Gasteiger partial charge in [0, 0.05) is 31.7 Å². The first kappa shape index (κ1) is 13.0. The van der Waals surface area contributed by atoms with Crippen LogP contribution in [0.15, 0.2) is 16.8 Å². The molecule has 0 spiro atoms. The van der Waals surface area contributed by atoms with E-state index in [1.807, 2.05) is 0 Å². The van der Waals surface area contributed by atoms with Crippen molar-refractivity contribution in [3.63, 3.8) is 0 Å². The molecule has 1 unspecified atom stereocenters. The molecule has 2 rings (SSSR count). The molecule has 1 N–H and O–H groups in total. The second-order valence-corrected chi connectivity index (χ2v) is 5.67. The maximum Gasteiger partial charge on any atom is 0.0635 e. The summed E-state index contributed by atoms with van der Waals surface area (Å²) in [7, 11) is 0. The van der Waals surface area contributed by atoms with Crippen LogP contribution in [0, 0.1) is 0 Å². The summed E-state index contributed by atoms with van der Waals surface area (Å²) < 4.78 is 5.58. The van der Waals surface area contributed by atoms with Crippen LogP contribution in [0.5, 0.6) is 0 Å². The third kappa shape index (κ3) is 4.07. The molecule has 1 aliphatic rings. The molecule has 0 bridgehead atoms. The second-order valence-electron chi connectivity index (χ2n) is 4.89. The van der Waals surface area contributed by atoms with E-state index >= 15 is 0 Å². The van der Waals surface area contributed by atoms with Gasteiger partial charge in [-0.1, -0.05) is 13.8 Å². The summed E-state index contributed by atoms with van der Waals surface area (Å²) in [4.78, 5) is 2.53. The number of morpholine rings is 1. The molecule has 4 heteroatoms. The molecule has 1 aromatic rings. The summed E-state index contributed by atoms with van der Waals surface area (Å²) in [6.45, 7) is 9.20. The van der Waals surface area contributed by atoms with Gasteiger partial charge in [-0.3, -0.25) is 4.90 Å². The molecule has 1 saturated heterocycles. The van der Waals surface area contributed by atoms with Crippen molar-refractivity contribution in [2.75, 3.05) is 26.3 Å². The normalized spacial score (nSPS) is 22.2. The molecule has 0 aromatic carbocycles. The fraction of sp³-hybridized carbons (Fsp3) is 0.692. The van der Waals surface area contributed by atoms with Crippen molar-refractivity contribution >= 4 is 11.3 Å². The SMILES string of the molecule is CC(C)NCC1COCCN1Cc1ccsc1. The molecule has 0 aliphatic carbocycles. The minimum atomic E-state index is 0.506. The highest BCUT2D eigenvalue weighted by molar-refractivity contribution is 7.07. The predicted molar refractivity (Wildman–Crippen MR) is 72.5 cm³/mol. The Morgan fingerprint density at radius 1 is 1.59 bits per heavy atom. The van der Waals surface area contributed by atoms with Crippen LogP contribution < -0.4 is 5.32 Å². The van der Waals surface area contributed by atoms with E-state index in [4.69, 9.17) is 4.74 Å². The Balaban J connectivity index is 1.87. The van der Waals surface area contributed by atoms with Gasteiger partial charge in [0.1, 0.15) is 0 Å². The molecular formula is C13H22N2OS. The van der Waals surface area contributed by atoms with Crippen molar-refractivity contribution in [1.82, 2.24) is 10.2 Å². The van der Waals surface area contributed by atoms with Gasteiger partial charge < -0.3 is 10.1 Å². The van der Waals surface area contributed by atoms with E-state index in [1.165, 1.54) is 5.56 Å². The molecule has 1 aromatic heterocycles. The average Bonchev–Trinajstić information content (AvgIpc) is 2.80. The summed E-state index contributed by atoms with van der Waals surface area (Å²) in [6.07, 6.45) is 0. The highest BCUT2D eigenvalue weighted by Crippen LogP contribution is 2.14. The zero-order valence-corrected chi connectivity index (χ0v) is 11.5. The van der Waals surface area contributed by atoms with Crippen LogP contribution in [0.2, 0.25) is 0 Å². The summed E-state index contributed by atoms with van der Waals surface area (Å²) in [5, 5.41) is 7.89. The Kier molecular flexibility index (Phi) is 4.98. The van der Waals surface area contributed by atoms with E-state index in [0.717, 1.165) is 32.8 Å². The zero-order chi connectivity index (χ0) is 12.1. The maximum absolute atomic E-state index is 5.58. The monoisotopic (exact) mass is 254 g/mol. The van der Waals surface area contributed by atoms with Crippen molar-refractivity contribution in [1.29, 1.82) is 0 Å². The van der Waals surface area contributed by atoms with Crippen molar-refractivity contribution in [3.05, 3.63) is 22.4 Å². The third-order valence-corrected chi connectivity index (χ3v) is 3.81. The van der Waals surface area contributed by atoms with Crippen LogP contribution in [-0.2, 0) is 11.3 Å². The fourth-order valence-electron chi connectivity index (χ4n) is 2.07. The fourth-order valence-corrected chi connectivity index (χ4v) is 2.73. The van der Waals surface area contributed by atoms with Crippen LogP contribution in [0.4, 0.5) is 0 Å². The molecular weight excluding hydrogens is 232 g/mol. The average molecular weight is 254 g/mol. The maximum atomic E-state index is 5.58. The smallest absolute Gasteiger partial charge is 0.0635 e. The molecule has 0 amide bonds. The van der Waals surface area contributed by atoms with Gasteiger partial charge >= 0.3 is 0 Å². The molecule has 0 radical (unpaired) electrons. The van der Waals surface area contributed by atoms with Gasteiger partial charge in [0.15, 0.2) is 0 Å². The Morgan fingerprint density at radius 3 is 3.18 bits per heavy atom. The molecule has 1 atom stereocenters. The quantitative estimate of drug-likeness (QED) is 0.869. The van der Waals surface area contributed by atoms with Gasteiger partial charge in [0.05, 0.1) is 13.2 Å². The first-order chi connectivity index (χ1) is 8.25. The van der Waals surface area contributed by atoms with E-state index in [9.17, 15) is 0 Å². The summed E-state index contributed by atoms with van der Waals surface area (Å²) in [5.41, 5.74) is 1.42. The van der Waals surface area contributed by atoms with Crippen LogP contribution in [0.25, 0.3) is 0 Å². The Morgan fingerprint density at radius 2 is 2.47 bits per heavy atom. The second kappa shape index (κ2) is 6.50. The van der Waals surface area contributed by atoms with Gasteiger partial charge in [0.2, 0.25) is 0 Å². The Labute approximate surface area is 108 Å². The lowest BCUT2D eigenvalue weighted by Gasteiger charge is -2.36.